The fourth-order valence-corrected chi connectivity index (χ4v) is 4.26. The maximum atomic E-state index is 6.03. The summed E-state index contributed by atoms with van der Waals surface area (Å²) >= 11 is 3.48. The molecule has 0 atom stereocenters. The summed E-state index contributed by atoms with van der Waals surface area (Å²) in [6.45, 7) is 0. The van der Waals surface area contributed by atoms with Crippen molar-refractivity contribution in [2.24, 2.45) is 0 Å². The molecule has 0 N–H and O–H groups in total. The van der Waals surface area contributed by atoms with Gasteiger partial charge in [0, 0.05) is 10.5 Å². The highest BCUT2D eigenvalue weighted by Gasteiger charge is 2.21. The third-order valence-electron chi connectivity index (χ3n) is 5.59. The molecular formula is C27H26BrNO7. The predicted octanol–water partition coefficient (Wildman–Crippen LogP) is 6.23. The van der Waals surface area contributed by atoms with Crippen LogP contribution < -0.4 is 28.4 Å². The van der Waals surface area contributed by atoms with Crippen LogP contribution >= 0.6 is 15.9 Å². The second-order valence-electron chi connectivity index (χ2n) is 7.55. The van der Waals surface area contributed by atoms with Crippen LogP contribution in [0.5, 0.6) is 34.5 Å². The van der Waals surface area contributed by atoms with Crippen LogP contribution in [0.4, 0.5) is 0 Å². The van der Waals surface area contributed by atoms with Gasteiger partial charge in [0.25, 0.3) is 0 Å². The van der Waals surface area contributed by atoms with Gasteiger partial charge in [0.2, 0.25) is 17.4 Å². The van der Waals surface area contributed by atoms with Gasteiger partial charge in [-0.05, 0) is 59.2 Å². The highest BCUT2D eigenvalue weighted by atomic mass is 79.9. The summed E-state index contributed by atoms with van der Waals surface area (Å²) in [4.78, 5) is 4.65. The van der Waals surface area contributed by atoms with E-state index in [1.807, 2.05) is 48.5 Å². The molecule has 0 aliphatic rings. The molecule has 0 amide bonds. The second-order valence-corrected chi connectivity index (χ2v) is 8.47. The maximum Gasteiger partial charge on any atom is 0.220 e. The first-order valence-corrected chi connectivity index (χ1v) is 11.6. The van der Waals surface area contributed by atoms with E-state index >= 15 is 0 Å². The van der Waals surface area contributed by atoms with Gasteiger partial charge >= 0.3 is 0 Å². The molecule has 0 spiro atoms. The Bertz CT molecular complexity index is 1310. The molecule has 1 heterocycles. The lowest BCUT2D eigenvalue weighted by Crippen LogP contribution is -2.00. The molecule has 8 nitrogen and oxygen atoms in total. The summed E-state index contributed by atoms with van der Waals surface area (Å²) < 4.78 is 40.3. The molecular weight excluding hydrogens is 530 g/mol. The van der Waals surface area contributed by atoms with E-state index in [0.29, 0.717) is 46.0 Å². The van der Waals surface area contributed by atoms with Crippen molar-refractivity contribution in [2.45, 2.75) is 0 Å². The summed E-state index contributed by atoms with van der Waals surface area (Å²) in [5.74, 6) is 3.41. The molecule has 1 aromatic heterocycles. The summed E-state index contributed by atoms with van der Waals surface area (Å²) in [5, 5.41) is 0. The standard InChI is InChI=1S/C27H26BrNO7/c1-30-21-9-15(10-22(31-2)26(21)34-5)18(14-25-29-19-13-17(28)7-8-20(19)36-25)16-11-23(32-3)27(35-6)24(12-16)33-4/h7-14H,1-6H3. The second kappa shape index (κ2) is 10.8. The number of ether oxygens (including phenoxy) is 6. The zero-order valence-electron chi connectivity index (χ0n) is 20.8. The Morgan fingerprint density at radius 2 is 1.17 bits per heavy atom. The first kappa shape index (κ1) is 25.2. The number of nitrogens with zero attached hydrogens (tertiary/aromatic N) is 1. The molecule has 0 aliphatic heterocycles. The van der Waals surface area contributed by atoms with Crippen molar-refractivity contribution in [2.75, 3.05) is 42.7 Å². The van der Waals surface area contributed by atoms with Gasteiger partial charge in [-0.1, -0.05) is 15.9 Å². The average molecular weight is 556 g/mol. The van der Waals surface area contributed by atoms with Crippen LogP contribution in [0.3, 0.4) is 0 Å². The molecule has 0 saturated heterocycles. The Morgan fingerprint density at radius 3 is 1.58 bits per heavy atom. The minimum absolute atomic E-state index is 0.417. The Morgan fingerprint density at radius 1 is 0.694 bits per heavy atom. The van der Waals surface area contributed by atoms with Crippen molar-refractivity contribution in [3.8, 4) is 34.5 Å². The van der Waals surface area contributed by atoms with Crippen molar-refractivity contribution in [1.29, 1.82) is 0 Å². The van der Waals surface area contributed by atoms with Gasteiger partial charge in [-0.2, -0.15) is 0 Å². The number of halogens is 1. The maximum absolute atomic E-state index is 6.03. The highest BCUT2D eigenvalue weighted by Crippen LogP contribution is 2.45. The fourth-order valence-electron chi connectivity index (χ4n) is 3.91. The zero-order valence-corrected chi connectivity index (χ0v) is 22.4. The fraction of sp³-hybridized carbons (Fsp3) is 0.222. The van der Waals surface area contributed by atoms with E-state index in [4.69, 9.17) is 32.8 Å². The molecule has 36 heavy (non-hydrogen) atoms. The van der Waals surface area contributed by atoms with Gasteiger partial charge in [0.1, 0.15) is 5.52 Å². The van der Waals surface area contributed by atoms with Gasteiger partial charge in [-0.15, -0.1) is 0 Å². The van der Waals surface area contributed by atoms with Gasteiger partial charge in [-0.25, -0.2) is 4.98 Å². The van der Waals surface area contributed by atoms with Gasteiger partial charge < -0.3 is 32.8 Å². The van der Waals surface area contributed by atoms with E-state index in [0.717, 1.165) is 26.7 Å². The number of oxazole rings is 1. The molecule has 0 fully saturated rings. The molecule has 0 bridgehead atoms. The number of methoxy groups -OCH3 is 6. The number of fused-ring (bicyclic) bond motifs is 1. The van der Waals surface area contributed by atoms with Crippen LogP contribution in [0.1, 0.15) is 17.0 Å². The molecule has 188 valence electrons. The van der Waals surface area contributed by atoms with Crippen molar-refractivity contribution >= 4 is 38.7 Å². The van der Waals surface area contributed by atoms with E-state index < -0.39 is 0 Å². The highest BCUT2D eigenvalue weighted by molar-refractivity contribution is 9.10. The minimum Gasteiger partial charge on any atom is -0.493 e. The third-order valence-corrected chi connectivity index (χ3v) is 6.08. The quantitative estimate of drug-likeness (QED) is 0.240. The Labute approximate surface area is 217 Å². The molecule has 4 aromatic rings. The van der Waals surface area contributed by atoms with E-state index in [9.17, 15) is 0 Å². The number of hydrogen-bond acceptors (Lipinski definition) is 8. The third kappa shape index (κ3) is 4.79. The van der Waals surface area contributed by atoms with Crippen LogP contribution in [-0.2, 0) is 0 Å². The van der Waals surface area contributed by atoms with E-state index in [-0.39, 0.29) is 0 Å². The van der Waals surface area contributed by atoms with Crippen LogP contribution in [0, 0.1) is 0 Å². The van der Waals surface area contributed by atoms with Crippen LogP contribution in [0.2, 0.25) is 0 Å². The molecule has 4 rings (SSSR count). The van der Waals surface area contributed by atoms with Crippen molar-refractivity contribution in [3.05, 3.63) is 64.0 Å². The van der Waals surface area contributed by atoms with Crippen molar-refractivity contribution in [3.63, 3.8) is 0 Å². The minimum atomic E-state index is 0.417. The molecule has 0 unspecified atom stereocenters. The monoisotopic (exact) mass is 555 g/mol. The predicted molar refractivity (Wildman–Crippen MR) is 141 cm³/mol. The van der Waals surface area contributed by atoms with Gasteiger partial charge in [0.05, 0.1) is 42.7 Å². The van der Waals surface area contributed by atoms with E-state index in [1.165, 1.54) is 0 Å². The molecule has 0 aliphatic carbocycles. The molecule has 0 saturated carbocycles. The molecule has 9 heteroatoms. The van der Waals surface area contributed by atoms with Crippen molar-refractivity contribution < 1.29 is 32.8 Å². The van der Waals surface area contributed by atoms with Crippen molar-refractivity contribution in [1.82, 2.24) is 4.98 Å². The van der Waals surface area contributed by atoms with Crippen LogP contribution in [0.15, 0.2) is 51.4 Å². The van der Waals surface area contributed by atoms with E-state index in [1.54, 1.807) is 42.7 Å². The number of benzene rings is 3. The van der Waals surface area contributed by atoms with Crippen LogP contribution in [0.25, 0.3) is 22.7 Å². The Kier molecular flexibility index (Phi) is 7.59. The summed E-state index contributed by atoms with van der Waals surface area (Å²) in [6, 6.07) is 13.1. The molecule has 3 aromatic carbocycles. The Balaban J connectivity index is 2.01. The SMILES string of the molecule is COc1cc(C(=Cc2nc3cc(Br)ccc3o2)c2cc(OC)c(OC)c(OC)c2)cc(OC)c1OC. The largest absolute Gasteiger partial charge is 0.493 e. The normalized spacial score (nSPS) is 10.6. The lowest BCUT2D eigenvalue weighted by molar-refractivity contribution is 0.324. The smallest absolute Gasteiger partial charge is 0.220 e. The molecule has 0 radical (unpaired) electrons. The lowest BCUT2D eigenvalue weighted by atomic mass is 9.95. The van der Waals surface area contributed by atoms with Gasteiger partial charge in [0.15, 0.2) is 28.6 Å². The average Bonchev–Trinajstić information content (AvgIpc) is 3.31. The number of hydrogen-bond donors (Lipinski definition) is 0. The van der Waals surface area contributed by atoms with Crippen LogP contribution in [-0.4, -0.2) is 47.6 Å². The van der Waals surface area contributed by atoms with E-state index in [2.05, 4.69) is 20.9 Å². The van der Waals surface area contributed by atoms with Gasteiger partial charge in [-0.3, -0.25) is 0 Å². The summed E-state index contributed by atoms with van der Waals surface area (Å²) in [5.41, 5.74) is 3.67. The lowest BCUT2D eigenvalue weighted by Gasteiger charge is -2.18. The Hall–Kier alpha value is -3.85. The zero-order chi connectivity index (χ0) is 25.8. The topological polar surface area (TPSA) is 81.4 Å². The first-order valence-electron chi connectivity index (χ1n) is 10.8. The number of rotatable bonds is 9. The first-order chi connectivity index (χ1) is 17.5. The summed E-state index contributed by atoms with van der Waals surface area (Å²) in [6.07, 6.45) is 1.84. The number of aromatic nitrogens is 1. The summed E-state index contributed by atoms with van der Waals surface area (Å²) in [7, 11) is 9.41.